The molecule has 1 rings (SSSR count). The molecule has 200 valence electrons. The van der Waals surface area contributed by atoms with Crippen molar-refractivity contribution >= 4 is 35.7 Å². The molecule has 1 atom stereocenters. The van der Waals surface area contributed by atoms with Crippen LogP contribution in [0.25, 0.3) is 0 Å². The zero-order valence-electron chi connectivity index (χ0n) is 22.0. The minimum absolute atomic E-state index is 0.0383. The number of ether oxygens (including phenoxy) is 1. The summed E-state index contributed by atoms with van der Waals surface area (Å²) in [7, 11) is 3.42. The third-order valence-corrected chi connectivity index (χ3v) is 4.16. The van der Waals surface area contributed by atoms with E-state index in [1.54, 1.807) is 39.8 Å². The molecule has 0 aromatic heterocycles. The molecular formula is C25H39N5O6. The van der Waals surface area contributed by atoms with Crippen molar-refractivity contribution in [3.8, 4) is 0 Å². The van der Waals surface area contributed by atoms with Gasteiger partial charge in [-0.15, -0.1) is 0 Å². The van der Waals surface area contributed by atoms with Crippen LogP contribution in [-0.4, -0.2) is 86.0 Å². The van der Waals surface area contributed by atoms with Crippen LogP contribution < -0.4 is 16.0 Å². The van der Waals surface area contributed by atoms with Crippen molar-refractivity contribution in [1.82, 2.24) is 20.9 Å². The molecule has 1 aromatic rings. The number of hydrogen-bond acceptors (Lipinski definition) is 8. The lowest BCUT2D eigenvalue weighted by Gasteiger charge is -2.24. The van der Waals surface area contributed by atoms with Crippen LogP contribution in [0.4, 0.5) is 0 Å². The molecule has 11 heteroatoms. The first-order chi connectivity index (χ1) is 16.7. The Labute approximate surface area is 212 Å². The summed E-state index contributed by atoms with van der Waals surface area (Å²) < 4.78 is 5.23. The van der Waals surface area contributed by atoms with Gasteiger partial charge in [0, 0.05) is 6.42 Å². The second-order valence-corrected chi connectivity index (χ2v) is 9.25. The highest BCUT2D eigenvalue weighted by atomic mass is 16.6. The van der Waals surface area contributed by atoms with Crippen LogP contribution in [0.5, 0.6) is 0 Å². The number of carbonyl (C=O) groups is 5. The van der Waals surface area contributed by atoms with Crippen LogP contribution in [0.15, 0.2) is 30.3 Å². The molecule has 36 heavy (non-hydrogen) atoms. The van der Waals surface area contributed by atoms with Gasteiger partial charge < -0.3 is 31.0 Å². The molecule has 0 unspecified atom stereocenters. The Hall–Kier alpha value is -3.60. The Morgan fingerprint density at radius 1 is 0.972 bits per heavy atom. The maximum absolute atomic E-state index is 12.3. The van der Waals surface area contributed by atoms with E-state index in [0.29, 0.717) is 6.21 Å². The maximum Gasteiger partial charge on any atom is 0.329 e. The molecule has 4 N–H and O–H groups in total. The highest BCUT2D eigenvalue weighted by molar-refractivity contribution is 6.26. The number of nitrogens with zero attached hydrogens (tertiary/aromatic N) is 1. The fourth-order valence-corrected chi connectivity index (χ4v) is 2.52. The van der Waals surface area contributed by atoms with Gasteiger partial charge in [-0.2, -0.15) is 0 Å². The molecule has 0 aliphatic heterocycles. The molecule has 1 aromatic carbocycles. The quantitative estimate of drug-likeness (QED) is 0.239. The SMILES string of the molecule is CN(C)CC(=O)NCC(=O)NCC(=O)N[C@@H](CCC(=O)C=N)C(=O)OC(C)(C)C.Cc1ccccc1. The van der Waals surface area contributed by atoms with Gasteiger partial charge in [-0.25, -0.2) is 4.79 Å². The van der Waals surface area contributed by atoms with Crippen LogP contribution >= 0.6 is 0 Å². The van der Waals surface area contributed by atoms with Gasteiger partial charge in [0.05, 0.1) is 25.8 Å². The van der Waals surface area contributed by atoms with Crippen LogP contribution in [-0.2, 0) is 28.7 Å². The minimum atomic E-state index is -1.10. The van der Waals surface area contributed by atoms with Gasteiger partial charge in [-0.1, -0.05) is 35.9 Å². The third-order valence-electron chi connectivity index (χ3n) is 4.16. The lowest BCUT2D eigenvalue weighted by atomic mass is 10.1. The van der Waals surface area contributed by atoms with E-state index >= 15 is 0 Å². The topological polar surface area (TPSA) is 158 Å². The average molecular weight is 506 g/mol. The molecule has 0 fully saturated rings. The Bertz CT molecular complexity index is 881. The second kappa shape index (κ2) is 16.9. The first-order valence-electron chi connectivity index (χ1n) is 11.5. The number of likely N-dealkylation sites (N-methyl/N-ethyl adjacent to an activating group) is 1. The number of nitrogens with one attached hydrogen (secondary N) is 4. The fraction of sp³-hybridized carbons (Fsp3) is 0.520. The molecule has 0 aliphatic carbocycles. The van der Waals surface area contributed by atoms with Crippen molar-refractivity contribution in [3.63, 3.8) is 0 Å². The van der Waals surface area contributed by atoms with Crippen LogP contribution in [0.2, 0.25) is 0 Å². The molecule has 3 amide bonds. The number of aryl methyl sites for hydroxylation is 1. The van der Waals surface area contributed by atoms with Crippen LogP contribution in [0.3, 0.4) is 0 Å². The molecule has 0 saturated carbocycles. The van der Waals surface area contributed by atoms with Crippen LogP contribution in [0.1, 0.15) is 39.2 Å². The molecule has 0 bridgehead atoms. The van der Waals surface area contributed by atoms with Gasteiger partial charge in [0.15, 0.2) is 5.78 Å². The zero-order chi connectivity index (χ0) is 27.7. The number of benzene rings is 1. The molecule has 0 radical (unpaired) electrons. The van der Waals surface area contributed by atoms with Crippen LogP contribution in [0, 0.1) is 12.3 Å². The predicted molar refractivity (Wildman–Crippen MR) is 137 cm³/mol. The lowest BCUT2D eigenvalue weighted by molar-refractivity contribution is -0.158. The Morgan fingerprint density at radius 3 is 2.00 bits per heavy atom. The fourth-order valence-electron chi connectivity index (χ4n) is 2.52. The highest BCUT2D eigenvalue weighted by Crippen LogP contribution is 2.11. The van der Waals surface area contributed by atoms with E-state index < -0.39 is 41.8 Å². The molecular weight excluding hydrogens is 466 g/mol. The molecule has 0 aliphatic rings. The summed E-state index contributed by atoms with van der Waals surface area (Å²) in [6.07, 6.45) is 0.486. The number of rotatable bonds is 12. The maximum atomic E-state index is 12.3. The molecule has 0 heterocycles. The van der Waals surface area contributed by atoms with Gasteiger partial charge in [-0.05, 0) is 48.2 Å². The summed E-state index contributed by atoms with van der Waals surface area (Å²) in [6, 6.07) is 9.17. The Morgan fingerprint density at radius 2 is 1.53 bits per heavy atom. The van der Waals surface area contributed by atoms with E-state index in [2.05, 4.69) is 35.0 Å². The first kappa shape index (κ1) is 32.4. The summed E-state index contributed by atoms with van der Waals surface area (Å²) in [5, 5.41) is 14.1. The van der Waals surface area contributed by atoms with Crippen molar-refractivity contribution in [3.05, 3.63) is 35.9 Å². The van der Waals surface area contributed by atoms with Gasteiger partial charge >= 0.3 is 5.97 Å². The third kappa shape index (κ3) is 17.8. The number of Topliss-reactive ketones (excluding diaryl/α,β-unsaturated/α-hetero) is 1. The standard InChI is InChI=1S/C18H31N5O6.C7H8/c1-18(2,3)29-17(28)13(7-6-12(24)8-19)22-15(26)10-20-14(25)9-21-16(27)11-23(4)5;1-7-5-3-2-4-6-7/h8,13,19H,6-7,9-11H2,1-5H3,(H,20,25)(H,21,27)(H,22,26);2-6H,1H3/t13-;/m0./s1. The number of hydrogen-bond donors (Lipinski definition) is 4. The number of carbonyl (C=O) groups excluding carboxylic acids is 5. The van der Waals surface area contributed by atoms with Gasteiger partial charge in [0.25, 0.3) is 0 Å². The van der Waals surface area contributed by atoms with E-state index in [4.69, 9.17) is 10.1 Å². The largest absolute Gasteiger partial charge is 0.458 e. The summed E-state index contributed by atoms with van der Waals surface area (Å²) >= 11 is 0. The van der Waals surface area contributed by atoms with Crippen molar-refractivity contribution in [2.24, 2.45) is 0 Å². The van der Waals surface area contributed by atoms with E-state index in [9.17, 15) is 24.0 Å². The summed E-state index contributed by atoms with van der Waals surface area (Å²) in [5.41, 5.74) is 0.535. The molecule has 0 saturated heterocycles. The Kier molecular flexibility index (Phi) is 15.2. The second-order valence-electron chi connectivity index (χ2n) is 9.25. The van der Waals surface area contributed by atoms with Crippen molar-refractivity contribution in [2.45, 2.75) is 52.2 Å². The van der Waals surface area contributed by atoms with Gasteiger partial charge in [0.2, 0.25) is 17.7 Å². The van der Waals surface area contributed by atoms with Gasteiger partial charge in [-0.3, -0.25) is 19.2 Å². The molecule has 0 spiro atoms. The summed E-state index contributed by atoms with van der Waals surface area (Å²) in [4.78, 5) is 60.5. The van der Waals surface area contributed by atoms with Crippen molar-refractivity contribution in [2.75, 3.05) is 33.7 Å². The average Bonchev–Trinajstić information content (AvgIpc) is 2.78. The van der Waals surface area contributed by atoms with E-state index in [-0.39, 0.29) is 31.8 Å². The van der Waals surface area contributed by atoms with Crippen molar-refractivity contribution < 1.29 is 28.7 Å². The zero-order valence-corrected chi connectivity index (χ0v) is 22.0. The summed E-state index contributed by atoms with van der Waals surface area (Å²) in [5.74, 6) is -2.77. The minimum Gasteiger partial charge on any atom is -0.458 e. The smallest absolute Gasteiger partial charge is 0.329 e. The first-order valence-corrected chi connectivity index (χ1v) is 11.5. The monoisotopic (exact) mass is 505 g/mol. The van der Waals surface area contributed by atoms with E-state index in [1.807, 2.05) is 18.2 Å². The van der Waals surface area contributed by atoms with Crippen molar-refractivity contribution in [1.29, 1.82) is 5.41 Å². The number of esters is 1. The molecule has 11 nitrogen and oxygen atoms in total. The van der Waals surface area contributed by atoms with E-state index in [0.717, 1.165) is 0 Å². The Balaban J connectivity index is 0.00000148. The predicted octanol–water partition coefficient (Wildman–Crippen LogP) is 0.601. The number of amides is 3. The van der Waals surface area contributed by atoms with Gasteiger partial charge in [0.1, 0.15) is 11.6 Å². The highest BCUT2D eigenvalue weighted by Gasteiger charge is 2.27. The summed E-state index contributed by atoms with van der Waals surface area (Å²) in [6.45, 7) is 6.50. The normalized spacial score (nSPS) is 11.3. The lowest BCUT2D eigenvalue weighted by Crippen LogP contribution is -2.49. The number of ketones is 1. The van der Waals surface area contributed by atoms with E-state index in [1.165, 1.54) is 5.56 Å².